The molecular formula is C13H12BrF2N3. The molecule has 1 atom stereocenters. The quantitative estimate of drug-likeness (QED) is 0.877. The fourth-order valence-corrected chi connectivity index (χ4v) is 2.14. The lowest BCUT2D eigenvalue weighted by atomic mass is 10.0. The summed E-state index contributed by atoms with van der Waals surface area (Å²) in [5, 5.41) is 2.97. The number of rotatable bonds is 4. The number of halogens is 3. The first-order valence-electron chi connectivity index (χ1n) is 5.70. The molecule has 6 heteroatoms. The van der Waals surface area contributed by atoms with E-state index in [2.05, 4.69) is 31.2 Å². The summed E-state index contributed by atoms with van der Waals surface area (Å²) in [4.78, 5) is 8.20. The number of benzene rings is 1. The van der Waals surface area contributed by atoms with Crippen LogP contribution in [0.4, 0.5) is 8.78 Å². The second-order valence-corrected chi connectivity index (χ2v) is 4.83. The van der Waals surface area contributed by atoms with Gasteiger partial charge in [0.15, 0.2) is 0 Å². The number of hydrogen-bond donors (Lipinski definition) is 1. The van der Waals surface area contributed by atoms with Gasteiger partial charge in [0.1, 0.15) is 17.5 Å². The average Bonchev–Trinajstić information content (AvgIpc) is 2.44. The monoisotopic (exact) mass is 327 g/mol. The Hall–Kier alpha value is -1.40. The standard InChI is InChI=1S/C13H12BrF2N3/c1-17-11(13-18-5-2-6-19-13)7-8-10(15)4-3-9(14)12(8)16/h2-6,11,17H,7H2,1H3. The smallest absolute Gasteiger partial charge is 0.145 e. The Kier molecular flexibility index (Phi) is 4.55. The van der Waals surface area contributed by atoms with Crippen LogP contribution in [-0.2, 0) is 6.42 Å². The van der Waals surface area contributed by atoms with Crippen LogP contribution in [-0.4, -0.2) is 17.0 Å². The highest BCUT2D eigenvalue weighted by atomic mass is 79.9. The van der Waals surface area contributed by atoms with Crippen LogP contribution in [0, 0.1) is 11.6 Å². The van der Waals surface area contributed by atoms with Crippen molar-refractivity contribution >= 4 is 15.9 Å². The molecule has 0 saturated heterocycles. The van der Waals surface area contributed by atoms with Gasteiger partial charge in [-0.05, 0) is 41.2 Å². The van der Waals surface area contributed by atoms with Gasteiger partial charge in [0.25, 0.3) is 0 Å². The Balaban J connectivity index is 2.32. The second-order valence-electron chi connectivity index (χ2n) is 3.97. The normalized spacial score (nSPS) is 12.4. The third-order valence-corrected chi connectivity index (χ3v) is 3.41. The van der Waals surface area contributed by atoms with Crippen LogP contribution in [0.2, 0.25) is 0 Å². The zero-order valence-corrected chi connectivity index (χ0v) is 11.8. The second kappa shape index (κ2) is 6.16. The maximum atomic E-state index is 13.9. The van der Waals surface area contributed by atoms with Gasteiger partial charge < -0.3 is 5.32 Å². The van der Waals surface area contributed by atoms with Crippen molar-refractivity contribution in [3.8, 4) is 0 Å². The van der Waals surface area contributed by atoms with Gasteiger partial charge in [-0.2, -0.15) is 0 Å². The third kappa shape index (κ3) is 3.13. The zero-order valence-electron chi connectivity index (χ0n) is 10.2. The third-order valence-electron chi connectivity index (χ3n) is 2.79. The molecule has 1 unspecified atom stereocenters. The zero-order chi connectivity index (χ0) is 13.8. The first-order valence-corrected chi connectivity index (χ1v) is 6.49. The lowest BCUT2D eigenvalue weighted by Gasteiger charge is -2.15. The Bertz CT molecular complexity index is 563. The highest BCUT2D eigenvalue weighted by molar-refractivity contribution is 9.10. The van der Waals surface area contributed by atoms with Gasteiger partial charge in [0.2, 0.25) is 0 Å². The lowest BCUT2D eigenvalue weighted by Crippen LogP contribution is -2.22. The molecule has 0 aliphatic heterocycles. The van der Waals surface area contributed by atoms with E-state index in [0.717, 1.165) is 0 Å². The van der Waals surface area contributed by atoms with E-state index in [0.29, 0.717) is 5.82 Å². The summed E-state index contributed by atoms with van der Waals surface area (Å²) in [6, 6.07) is 3.93. The number of nitrogens with zero attached hydrogens (tertiary/aromatic N) is 2. The first-order chi connectivity index (χ1) is 9.13. The van der Waals surface area contributed by atoms with Crippen molar-refractivity contribution in [3.63, 3.8) is 0 Å². The minimum absolute atomic E-state index is 0.0150. The molecule has 100 valence electrons. The van der Waals surface area contributed by atoms with Crippen LogP contribution >= 0.6 is 15.9 Å². The molecule has 0 fully saturated rings. The number of nitrogens with one attached hydrogen (secondary N) is 1. The van der Waals surface area contributed by atoms with Gasteiger partial charge in [-0.15, -0.1) is 0 Å². The topological polar surface area (TPSA) is 37.8 Å². The van der Waals surface area contributed by atoms with Gasteiger partial charge in [-0.25, -0.2) is 18.7 Å². The molecular weight excluding hydrogens is 316 g/mol. The molecule has 19 heavy (non-hydrogen) atoms. The van der Waals surface area contributed by atoms with Crippen LogP contribution < -0.4 is 5.32 Å². The summed E-state index contributed by atoms with van der Waals surface area (Å²) in [6.45, 7) is 0. The van der Waals surface area contributed by atoms with Crippen molar-refractivity contribution in [2.24, 2.45) is 0 Å². The van der Waals surface area contributed by atoms with Gasteiger partial charge in [-0.1, -0.05) is 0 Å². The van der Waals surface area contributed by atoms with E-state index in [1.165, 1.54) is 12.1 Å². The van der Waals surface area contributed by atoms with E-state index in [4.69, 9.17) is 0 Å². The van der Waals surface area contributed by atoms with Crippen LogP contribution in [0.5, 0.6) is 0 Å². The fourth-order valence-electron chi connectivity index (χ4n) is 1.77. The fraction of sp³-hybridized carbons (Fsp3) is 0.231. The molecule has 0 spiro atoms. The van der Waals surface area contributed by atoms with E-state index in [1.807, 2.05) is 0 Å². The number of hydrogen-bond acceptors (Lipinski definition) is 3. The average molecular weight is 328 g/mol. The van der Waals surface area contributed by atoms with Crippen LogP contribution in [0.3, 0.4) is 0 Å². The first kappa shape index (κ1) is 14.0. The van der Waals surface area contributed by atoms with E-state index in [9.17, 15) is 8.78 Å². The Labute approximate surface area is 118 Å². The molecule has 1 N–H and O–H groups in total. The van der Waals surface area contributed by atoms with Crippen molar-refractivity contribution in [2.45, 2.75) is 12.5 Å². The molecule has 0 saturated carbocycles. The Morgan fingerprint density at radius 1 is 1.26 bits per heavy atom. The summed E-state index contributed by atoms with van der Waals surface area (Å²) in [5.41, 5.74) is 0.0150. The molecule has 2 aromatic rings. The predicted molar refractivity (Wildman–Crippen MR) is 71.6 cm³/mol. The van der Waals surface area contributed by atoms with E-state index in [1.54, 1.807) is 25.5 Å². The van der Waals surface area contributed by atoms with E-state index >= 15 is 0 Å². The Morgan fingerprint density at radius 2 is 1.95 bits per heavy atom. The van der Waals surface area contributed by atoms with E-state index < -0.39 is 11.6 Å². The molecule has 1 heterocycles. The molecule has 0 amide bonds. The molecule has 1 aromatic carbocycles. The molecule has 0 aliphatic carbocycles. The Morgan fingerprint density at radius 3 is 2.58 bits per heavy atom. The number of aromatic nitrogens is 2. The predicted octanol–water partition coefficient (Wildman–Crippen LogP) is 3.02. The minimum atomic E-state index is -0.587. The van der Waals surface area contributed by atoms with E-state index in [-0.39, 0.29) is 22.5 Å². The van der Waals surface area contributed by atoms with Gasteiger partial charge in [0.05, 0.1) is 10.5 Å². The summed E-state index contributed by atoms with van der Waals surface area (Å²) in [5.74, 6) is -0.656. The van der Waals surface area contributed by atoms with Crippen LogP contribution in [0.25, 0.3) is 0 Å². The molecule has 0 bridgehead atoms. The van der Waals surface area contributed by atoms with Crippen molar-refractivity contribution in [3.05, 3.63) is 58.1 Å². The highest BCUT2D eigenvalue weighted by Crippen LogP contribution is 2.25. The van der Waals surface area contributed by atoms with Crippen molar-refractivity contribution in [2.75, 3.05) is 7.05 Å². The summed E-state index contributed by atoms with van der Waals surface area (Å²) in [7, 11) is 1.70. The molecule has 0 aliphatic rings. The molecule has 3 nitrogen and oxygen atoms in total. The van der Waals surface area contributed by atoms with Gasteiger partial charge in [0, 0.05) is 24.4 Å². The van der Waals surface area contributed by atoms with Gasteiger partial charge in [-0.3, -0.25) is 0 Å². The van der Waals surface area contributed by atoms with Crippen LogP contribution in [0.1, 0.15) is 17.4 Å². The SMILES string of the molecule is CNC(Cc1c(F)ccc(Br)c1F)c1ncccn1. The van der Waals surface area contributed by atoms with Crippen molar-refractivity contribution < 1.29 is 8.78 Å². The maximum Gasteiger partial charge on any atom is 0.145 e. The molecule has 0 radical (unpaired) electrons. The van der Waals surface area contributed by atoms with Crippen molar-refractivity contribution in [1.29, 1.82) is 0 Å². The van der Waals surface area contributed by atoms with Gasteiger partial charge >= 0.3 is 0 Å². The highest BCUT2D eigenvalue weighted by Gasteiger charge is 2.19. The maximum absolute atomic E-state index is 13.9. The molecule has 2 rings (SSSR count). The largest absolute Gasteiger partial charge is 0.310 e. The minimum Gasteiger partial charge on any atom is -0.310 e. The van der Waals surface area contributed by atoms with Crippen molar-refractivity contribution in [1.82, 2.24) is 15.3 Å². The lowest BCUT2D eigenvalue weighted by molar-refractivity contribution is 0.499. The number of likely N-dealkylation sites (N-methyl/N-ethyl adjacent to an activating group) is 1. The van der Waals surface area contributed by atoms with Crippen LogP contribution in [0.15, 0.2) is 35.1 Å². The summed E-state index contributed by atoms with van der Waals surface area (Å²) in [6.07, 6.45) is 3.33. The summed E-state index contributed by atoms with van der Waals surface area (Å²) < 4.78 is 27.9. The summed E-state index contributed by atoms with van der Waals surface area (Å²) >= 11 is 3.05. The molecule has 1 aromatic heterocycles.